The SMILES string of the molecule is CNCC1CCCN(C(=O)Cc2csc(COc3ccc(C)cc3)n2)C1. The van der Waals surface area contributed by atoms with E-state index < -0.39 is 0 Å². The van der Waals surface area contributed by atoms with Crippen LogP contribution in [0.5, 0.6) is 5.75 Å². The van der Waals surface area contributed by atoms with Gasteiger partial charge in [-0.2, -0.15) is 0 Å². The molecule has 1 saturated heterocycles. The Labute approximate surface area is 159 Å². The molecule has 1 aromatic heterocycles. The summed E-state index contributed by atoms with van der Waals surface area (Å²) in [4.78, 5) is 19.1. The van der Waals surface area contributed by atoms with Crippen LogP contribution in [0.25, 0.3) is 0 Å². The fraction of sp³-hybridized carbons (Fsp3) is 0.500. The predicted molar refractivity (Wildman–Crippen MR) is 105 cm³/mol. The summed E-state index contributed by atoms with van der Waals surface area (Å²) in [6.45, 7) is 5.19. The van der Waals surface area contributed by atoms with Crippen LogP contribution in [-0.2, 0) is 17.8 Å². The number of aryl methyl sites for hydroxylation is 1. The van der Waals surface area contributed by atoms with Crippen LogP contribution in [0.3, 0.4) is 0 Å². The number of hydrogen-bond acceptors (Lipinski definition) is 5. The third-order valence-electron chi connectivity index (χ3n) is 4.68. The van der Waals surface area contributed by atoms with Crippen LogP contribution in [0, 0.1) is 12.8 Å². The lowest BCUT2D eigenvalue weighted by Gasteiger charge is -2.32. The Morgan fingerprint density at radius 2 is 2.19 bits per heavy atom. The van der Waals surface area contributed by atoms with Crippen LogP contribution in [0.1, 0.15) is 29.1 Å². The van der Waals surface area contributed by atoms with Crippen LogP contribution in [-0.4, -0.2) is 42.5 Å². The highest BCUT2D eigenvalue weighted by Gasteiger charge is 2.23. The first-order valence-corrected chi connectivity index (χ1v) is 10.1. The van der Waals surface area contributed by atoms with Crippen molar-refractivity contribution in [3.05, 3.63) is 45.9 Å². The molecule has 0 aliphatic carbocycles. The van der Waals surface area contributed by atoms with E-state index in [-0.39, 0.29) is 5.91 Å². The topological polar surface area (TPSA) is 54.5 Å². The second-order valence-corrected chi connectivity index (χ2v) is 7.86. The Morgan fingerprint density at radius 3 is 2.96 bits per heavy atom. The molecule has 1 aliphatic rings. The molecule has 26 heavy (non-hydrogen) atoms. The smallest absolute Gasteiger partial charge is 0.228 e. The summed E-state index contributed by atoms with van der Waals surface area (Å²) in [6.07, 6.45) is 2.67. The van der Waals surface area contributed by atoms with Crippen LogP contribution in [0.4, 0.5) is 0 Å². The summed E-state index contributed by atoms with van der Waals surface area (Å²) in [5, 5.41) is 6.09. The van der Waals surface area contributed by atoms with E-state index in [0.717, 1.165) is 42.5 Å². The van der Waals surface area contributed by atoms with E-state index in [2.05, 4.69) is 17.2 Å². The highest BCUT2D eigenvalue weighted by molar-refractivity contribution is 7.09. The largest absolute Gasteiger partial charge is 0.486 e. The van der Waals surface area contributed by atoms with Gasteiger partial charge in [0.05, 0.1) is 12.1 Å². The van der Waals surface area contributed by atoms with E-state index in [1.54, 1.807) is 11.3 Å². The van der Waals surface area contributed by atoms with Crippen LogP contribution < -0.4 is 10.1 Å². The van der Waals surface area contributed by atoms with Crippen molar-refractivity contribution < 1.29 is 9.53 Å². The summed E-state index contributed by atoms with van der Waals surface area (Å²) in [5.74, 6) is 1.58. The molecule has 6 heteroatoms. The van der Waals surface area contributed by atoms with E-state index in [1.165, 1.54) is 12.0 Å². The van der Waals surface area contributed by atoms with Crippen molar-refractivity contribution >= 4 is 17.2 Å². The summed E-state index contributed by atoms with van der Waals surface area (Å²) in [7, 11) is 1.97. The molecule has 1 fully saturated rings. The van der Waals surface area contributed by atoms with Crippen molar-refractivity contribution in [1.82, 2.24) is 15.2 Å². The Hall–Kier alpha value is -1.92. The standard InChI is InChI=1S/C20H27N3O2S/c1-15-5-7-18(8-6-15)25-13-19-22-17(14-26-19)10-20(24)23-9-3-4-16(12-23)11-21-2/h5-8,14,16,21H,3-4,9-13H2,1-2H3. The van der Waals surface area contributed by atoms with E-state index in [9.17, 15) is 4.79 Å². The number of nitrogens with zero attached hydrogens (tertiary/aromatic N) is 2. The molecule has 2 aromatic rings. The highest BCUT2D eigenvalue weighted by Crippen LogP contribution is 2.19. The zero-order valence-corrected chi connectivity index (χ0v) is 16.3. The Morgan fingerprint density at radius 1 is 1.38 bits per heavy atom. The minimum absolute atomic E-state index is 0.183. The van der Waals surface area contributed by atoms with Gasteiger partial charge in [-0.15, -0.1) is 11.3 Å². The zero-order valence-electron chi connectivity index (χ0n) is 15.5. The fourth-order valence-electron chi connectivity index (χ4n) is 3.29. The van der Waals surface area contributed by atoms with Crippen LogP contribution >= 0.6 is 11.3 Å². The number of aromatic nitrogens is 1. The quantitative estimate of drug-likeness (QED) is 0.811. The maximum Gasteiger partial charge on any atom is 0.228 e. The minimum Gasteiger partial charge on any atom is -0.486 e. The maximum absolute atomic E-state index is 12.6. The number of ether oxygens (including phenoxy) is 1. The number of carbonyl (C=O) groups is 1. The third kappa shape index (κ3) is 5.29. The molecule has 1 unspecified atom stereocenters. The number of carbonyl (C=O) groups excluding carboxylic acids is 1. The van der Waals surface area contributed by atoms with E-state index >= 15 is 0 Å². The summed E-state index contributed by atoms with van der Waals surface area (Å²) in [6, 6.07) is 7.99. The average molecular weight is 374 g/mol. The van der Waals surface area contributed by atoms with Gasteiger partial charge >= 0.3 is 0 Å². The minimum atomic E-state index is 0.183. The third-order valence-corrected chi connectivity index (χ3v) is 5.55. The first kappa shape index (κ1) is 18.9. The van der Waals surface area contributed by atoms with Crippen LogP contribution in [0.2, 0.25) is 0 Å². The average Bonchev–Trinajstić information content (AvgIpc) is 3.09. The number of nitrogens with one attached hydrogen (secondary N) is 1. The first-order chi connectivity index (χ1) is 12.6. The number of hydrogen-bond donors (Lipinski definition) is 1. The van der Waals surface area contributed by atoms with Crippen molar-refractivity contribution in [2.24, 2.45) is 5.92 Å². The van der Waals surface area contributed by atoms with E-state index in [0.29, 0.717) is 18.9 Å². The lowest BCUT2D eigenvalue weighted by molar-refractivity contribution is -0.132. The number of likely N-dealkylation sites (tertiary alicyclic amines) is 1. The lowest BCUT2D eigenvalue weighted by Crippen LogP contribution is -2.43. The molecule has 140 valence electrons. The van der Waals surface area contributed by atoms with Gasteiger partial charge in [0.1, 0.15) is 17.4 Å². The lowest BCUT2D eigenvalue weighted by atomic mass is 9.98. The molecule has 0 radical (unpaired) electrons. The normalized spacial score (nSPS) is 17.3. The Kier molecular flexibility index (Phi) is 6.63. The Bertz CT molecular complexity index is 712. The van der Waals surface area contributed by atoms with Gasteiger partial charge in [0, 0.05) is 18.5 Å². The van der Waals surface area contributed by atoms with Crippen molar-refractivity contribution in [1.29, 1.82) is 0 Å². The van der Waals surface area contributed by atoms with Gasteiger partial charge in [0.25, 0.3) is 0 Å². The molecule has 1 N–H and O–H groups in total. The molecule has 1 aromatic carbocycles. The number of rotatable bonds is 7. The highest BCUT2D eigenvalue weighted by atomic mass is 32.1. The Balaban J connectivity index is 1.49. The summed E-state index contributed by atoms with van der Waals surface area (Å²) < 4.78 is 5.77. The van der Waals surface area contributed by atoms with Gasteiger partial charge in [0.2, 0.25) is 5.91 Å². The molecule has 3 rings (SSSR count). The molecular formula is C20H27N3O2S. The van der Waals surface area contributed by atoms with Gasteiger partial charge < -0.3 is 15.0 Å². The van der Waals surface area contributed by atoms with E-state index in [4.69, 9.17) is 4.74 Å². The number of piperidine rings is 1. The zero-order chi connectivity index (χ0) is 18.4. The first-order valence-electron chi connectivity index (χ1n) is 9.19. The molecule has 0 spiro atoms. The fourth-order valence-corrected chi connectivity index (χ4v) is 3.99. The van der Waals surface area contributed by atoms with E-state index in [1.807, 2.05) is 41.6 Å². The monoisotopic (exact) mass is 373 g/mol. The van der Waals surface area contributed by atoms with Gasteiger partial charge in [-0.3, -0.25) is 4.79 Å². The van der Waals surface area contributed by atoms with Gasteiger partial charge in [-0.1, -0.05) is 17.7 Å². The summed E-state index contributed by atoms with van der Waals surface area (Å²) in [5.41, 5.74) is 2.06. The second-order valence-electron chi connectivity index (χ2n) is 6.92. The molecule has 0 bridgehead atoms. The van der Waals surface area contributed by atoms with Crippen molar-refractivity contribution in [2.45, 2.75) is 32.8 Å². The summed E-state index contributed by atoms with van der Waals surface area (Å²) >= 11 is 1.55. The maximum atomic E-state index is 12.6. The number of benzene rings is 1. The van der Waals surface area contributed by atoms with Crippen molar-refractivity contribution in [2.75, 3.05) is 26.7 Å². The van der Waals surface area contributed by atoms with Gasteiger partial charge in [-0.25, -0.2) is 4.98 Å². The number of thiazole rings is 1. The molecule has 2 heterocycles. The number of amides is 1. The van der Waals surface area contributed by atoms with Gasteiger partial charge in [-0.05, 0) is 51.4 Å². The predicted octanol–water partition coefficient (Wildman–Crippen LogP) is 3.03. The van der Waals surface area contributed by atoms with Crippen LogP contribution in [0.15, 0.2) is 29.6 Å². The molecule has 0 saturated carbocycles. The van der Waals surface area contributed by atoms with Crippen molar-refractivity contribution in [3.63, 3.8) is 0 Å². The van der Waals surface area contributed by atoms with Crippen molar-refractivity contribution in [3.8, 4) is 5.75 Å². The molecule has 1 amide bonds. The molecular weight excluding hydrogens is 346 g/mol. The molecule has 5 nitrogen and oxygen atoms in total. The van der Waals surface area contributed by atoms with Gasteiger partial charge in [0.15, 0.2) is 0 Å². The molecule has 1 aliphatic heterocycles. The second kappa shape index (κ2) is 9.14. The molecule has 1 atom stereocenters.